The number of halogens is 2. The van der Waals surface area contributed by atoms with E-state index in [-0.39, 0.29) is 6.10 Å². The van der Waals surface area contributed by atoms with E-state index in [1.54, 1.807) is 12.5 Å². The number of ether oxygens (including phenoxy) is 1. The number of hydrogen-bond donors (Lipinski definition) is 0. The van der Waals surface area contributed by atoms with Crippen molar-refractivity contribution in [1.82, 2.24) is 9.55 Å². The van der Waals surface area contributed by atoms with E-state index in [0.29, 0.717) is 13.2 Å². The number of benzene rings is 2. The Balaban J connectivity index is 1.80. The fourth-order valence-corrected chi connectivity index (χ4v) is 2.96. The van der Waals surface area contributed by atoms with Crippen LogP contribution >= 0.6 is 23.2 Å². The molecule has 5 heteroatoms. The molecule has 0 radical (unpaired) electrons. The Morgan fingerprint density at radius 3 is 2.50 bits per heavy atom. The van der Waals surface area contributed by atoms with Crippen LogP contribution in [0.3, 0.4) is 0 Å². The minimum absolute atomic E-state index is 0.0906. The van der Waals surface area contributed by atoms with Gasteiger partial charge < -0.3 is 9.30 Å². The summed E-state index contributed by atoms with van der Waals surface area (Å²) >= 11 is 12.0. The maximum Gasteiger partial charge on any atom is 0.101 e. The van der Waals surface area contributed by atoms with Crippen LogP contribution in [0.25, 0.3) is 0 Å². The third kappa shape index (κ3) is 4.38. The molecular formula is C19H18Cl2N2O. The molecule has 3 aromatic rings. The Bertz CT molecular complexity index is 786. The first-order valence-electron chi connectivity index (χ1n) is 7.69. The van der Waals surface area contributed by atoms with Crippen LogP contribution in [0.4, 0.5) is 0 Å². The average molecular weight is 361 g/mol. The lowest BCUT2D eigenvalue weighted by atomic mass is 10.0. The van der Waals surface area contributed by atoms with Crippen molar-refractivity contribution in [2.75, 3.05) is 0 Å². The van der Waals surface area contributed by atoms with Gasteiger partial charge in [-0.3, -0.25) is 0 Å². The van der Waals surface area contributed by atoms with Crippen molar-refractivity contribution in [3.63, 3.8) is 0 Å². The molecule has 3 nitrogen and oxygen atoms in total. The molecule has 1 heterocycles. The number of imidazole rings is 1. The number of aromatic nitrogens is 2. The number of nitrogens with zero attached hydrogens (tertiary/aromatic N) is 2. The first-order valence-corrected chi connectivity index (χ1v) is 8.45. The summed E-state index contributed by atoms with van der Waals surface area (Å²) in [5.41, 5.74) is 3.33. The highest BCUT2D eigenvalue weighted by Gasteiger charge is 2.16. The highest BCUT2D eigenvalue weighted by atomic mass is 35.5. The van der Waals surface area contributed by atoms with Crippen LogP contribution < -0.4 is 0 Å². The Kier molecular flexibility index (Phi) is 5.56. The lowest BCUT2D eigenvalue weighted by Gasteiger charge is -2.21. The van der Waals surface area contributed by atoms with E-state index in [0.717, 1.165) is 26.7 Å². The standard InChI is InChI=1S/C19H18Cl2N2O/c1-14-10-17(21)6-7-18(14)19(11-23-9-8-22-13-23)24-12-15-2-4-16(20)5-3-15/h2-10,13,19H,11-12H2,1H3. The first-order chi connectivity index (χ1) is 11.6. The normalized spacial score (nSPS) is 12.3. The molecule has 0 aliphatic heterocycles. The van der Waals surface area contributed by atoms with Crippen LogP contribution in [-0.4, -0.2) is 9.55 Å². The molecule has 1 aromatic heterocycles. The highest BCUT2D eigenvalue weighted by molar-refractivity contribution is 6.30. The van der Waals surface area contributed by atoms with Crippen molar-refractivity contribution in [2.24, 2.45) is 0 Å². The fraction of sp³-hybridized carbons (Fsp3) is 0.211. The molecule has 1 unspecified atom stereocenters. The Morgan fingerprint density at radius 1 is 1.08 bits per heavy atom. The van der Waals surface area contributed by atoms with Crippen molar-refractivity contribution in [3.8, 4) is 0 Å². The second-order valence-electron chi connectivity index (χ2n) is 5.69. The molecule has 0 saturated heterocycles. The van der Waals surface area contributed by atoms with Crippen molar-refractivity contribution in [2.45, 2.75) is 26.2 Å². The summed E-state index contributed by atoms with van der Waals surface area (Å²) in [6.45, 7) is 3.25. The summed E-state index contributed by atoms with van der Waals surface area (Å²) in [6.07, 6.45) is 5.41. The summed E-state index contributed by atoms with van der Waals surface area (Å²) in [4.78, 5) is 4.11. The minimum Gasteiger partial charge on any atom is -0.367 e. The maximum atomic E-state index is 6.21. The average Bonchev–Trinajstić information content (AvgIpc) is 3.06. The van der Waals surface area contributed by atoms with Crippen molar-refractivity contribution >= 4 is 23.2 Å². The van der Waals surface area contributed by atoms with Crippen molar-refractivity contribution in [1.29, 1.82) is 0 Å². The topological polar surface area (TPSA) is 27.1 Å². The molecule has 0 spiro atoms. The van der Waals surface area contributed by atoms with Gasteiger partial charge >= 0.3 is 0 Å². The summed E-state index contributed by atoms with van der Waals surface area (Å²) in [5, 5.41) is 1.46. The van der Waals surface area contributed by atoms with E-state index in [1.165, 1.54) is 0 Å². The minimum atomic E-state index is -0.0906. The summed E-state index contributed by atoms with van der Waals surface area (Å²) in [6, 6.07) is 13.6. The third-order valence-electron chi connectivity index (χ3n) is 3.88. The molecule has 1 atom stereocenters. The van der Waals surface area contributed by atoms with Crippen LogP contribution in [0, 0.1) is 6.92 Å². The maximum absolute atomic E-state index is 6.21. The quantitative estimate of drug-likeness (QED) is 0.583. The van der Waals surface area contributed by atoms with E-state index >= 15 is 0 Å². The summed E-state index contributed by atoms with van der Waals surface area (Å²) in [5.74, 6) is 0. The fourth-order valence-electron chi connectivity index (χ4n) is 2.60. The smallest absolute Gasteiger partial charge is 0.101 e. The molecule has 0 bridgehead atoms. The van der Waals surface area contributed by atoms with E-state index < -0.39 is 0 Å². The van der Waals surface area contributed by atoms with Gasteiger partial charge in [0.15, 0.2) is 0 Å². The first kappa shape index (κ1) is 17.0. The molecule has 3 rings (SSSR count). The van der Waals surface area contributed by atoms with Gasteiger partial charge in [-0.25, -0.2) is 4.98 Å². The molecule has 0 aliphatic carbocycles. The zero-order chi connectivity index (χ0) is 16.9. The molecule has 0 N–H and O–H groups in total. The SMILES string of the molecule is Cc1cc(Cl)ccc1C(Cn1ccnc1)OCc1ccc(Cl)cc1. The molecule has 0 saturated carbocycles. The Morgan fingerprint density at radius 2 is 1.83 bits per heavy atom. The highest BCUT2D eigenvalue weighted by Crippen LogP contribution is 2.27. The summed E-state index contributed by atoms with van der Waals surface area (Å²) < 4.78 is 8.23. The number of rotatable bonds is 6. The van der Waals surface area contributed by atoms with Gasteiger partial charge in [0.05, 0.1) is 19.5 Å². The zero-order valence-electron chi connectivity index (χ0n) is 13.3. The van der Waals surface area contributed by atoms with Gasteiger partial charge in [-0.2, -0.15) is 0 Å². The summed E-state index contributed by atoms with van der Waals surface area (Å²) in [7, 11) is 0. The second-order valence-corrected chi connectivity index (χ2v) is 6.56. The zero-order valence-corrected chi connectivity index (χ0v) is 14.8. The molecule has 0 amide bonds. The lowest BCUT2D eigenvalue weighted by molar-refractivity contribution is 0.0276. The molecule has 0 fully saturated rings. The molecule has 0 aliphatic rings. The van der Waals surface area contributed by atoms with E-state index in [2.05, 4.69) is 4.98 Å². The van der Waals surface area contributed by atoms with E-state index in [1.807, 2.05) is 60.2 Å². The predicted octanol–water partition coefficient (Wildman–Crippen LogP) is 5.46. The Labute approximate surface area is 151 Å². The van der Waals surface area contributed by atoms with Crippen LogP contribution in [0.15, 0.2) is 61.2 Å². The van der Waals surface area contributed by atoms with E-state index in [9.17, 15) is 0 Å². The third-order valence-corrected chi connectivity index (χ3v) is 4.37. The monoisotopic (exact) mass is 360 g/mol. The van der Waals surface area contributed by atoms with Gasteiger partial charge in [-0.05, 0) is 47.9 Å². The van der Waals surface area contributed by atoms with Gasteiger partial charge in [-0.1, -0.05) is 41.4 Å². The van der Waals surface area contributed by atoms with Gasteiger partial charge in [0.1, 0.15) is 6.10 Å². The van der Waals surface area contributed by atoms with Gasteiger partial charge in [0, 0.05) is 22.4 Å². The van der Waals surface area contributed by atoms with Gasteiger partial charge in [0.2, 0.25) is 0 Å². The van der Waals surface area contributed by atoms with Crippen LogP contribution in [0.1, 0.15) is 22.8 Å². The largest absolute Gasteiger partial charge is 0.367 e. The van der Waals surface area contributed by atoms with Gasteiger partial charge in [-0.15, -0.1) is 0 Å². The van der Waals surface area contributed by atoms with E-state index in [4.69, 9.17) is 27.9 Å². The number of aryl methyl sites for hydroxylation is 1. The molecule has 2 aromatic carbocycles. The predicted molar refractivity (Wildman–Crippen MR) is 97.4 cm³/mol. The number of hydrogen-bond acceptors (Lipinski definition) is 2. The van der Waals surface area contributed by atoms with Crippen molar-refractivity contribution in [3.05, 3.63) is 87.9 Å². The van der Waals surface area contributed by atoms with Gasteiger partial charge in [0.25, 0.3) is 0 Å². The Hall–Kier alpha value is -1.81. The molecule has 24 heavy (non-hydrogen) atoms. The van der Waals surface area contributed by atoms with Crippen molar-refractivity contribution < 1.29 is 4.74 Å². The molecule has 124 valence electrons. The van der Waals surface area contributed by atoms with Crippen LogP contribution in [-0.2, 0) is 17.9 Å². The van der Waals surface area contributed by atoms with Crippen LogP contribution in [0.2, 0.25) is 10.0 Å². The molecular weight excluding hydrogens is 343 g/mol. The lowest BCUT2D eigenvalue weighted by Crippen LogP contribution is -2.13. The second kappa shape index (κ2) is 7.84. The van der Waals surface area contributed by atoms with Crippen LogP contribution in [0.5, 0.6) is 0 Å².